The maximum absolute atomic E-state index is 12.2. The van der Waals surface area contributed by atoms with Gasteiger partial charge in [-0.3, -0.25) is 14.7 Å². The highest BCUT2D eigenvalue weighted by atomic mass is 32.2. The Morgan fingerprint density at radius 3 is 2.28 bits per heavy atom. The minimum Gasteiger partial charge on any atom is -0.481 e. The summed E-state index contributed by atoms with van der Waals surface area (Å²) < 4.78 is 22.1. The third-order valence-corrected chi connectivity index (χ3v) is 8.00. The van der Waals surface area contributed by atoms with Gasteiger partial charge in [0.25, 0.3) is 0 Å². The molecule has 4 nitrogen and oxygen atoms in total. The van der Waals surface area contributed by atoms with Crippen molar-refractivity contribution in [2.45, 2.75) is 108 Å². The molecule has 0 aromatic carbocycles. The average molecular weight is 569 g/mol. The second-order valence-electron chi connectivity index (χ2n) is 11.7. The fourth-order valence-corrected chi connectivity index (χ4v) is 5.47. The number of nitrogens with zero attached hydrogens (tertiary/aromatic N) is 2. The van der Waals surface area contributed by atoms with Gasteiger partial charge < -0.3 is 5.11 Å². The molecule has 7 heteroatoms. The lowest BCUT2D eigenvalue weighted by molar-refractivity contribution is -0.156. The number of carbonyl (C=O) groups is 1. The van der Waals surface area contributed by atoms with E-state index in [0.29, 0.717) is 31.8 Å². The number of thioether (sulfide) groups is 1. The van der Waals surface area contributed by atoms with Gasteiger partial charge in [0.1, 0.15) is 0 Å². The smallest absolute Gasteiger partial charge is 0.310 e. The number of hydrogen-bond acceptors (Lipinski definition) is 4. The number of pyridine rings is 1. The van der Waals surface area contributed by atoms with E-state index in [9.17, 15) is 18.7 Å². The largest absolute Gasteiger partial charge is 0.481 e. The molecule has 2 rings (SSSR count). The Morgan fingerprint density at radius 2 is 1.87 bits per heavy atom. The van der Waals surface area contributed by atoms with E-state index < -0.39 is 17.8 Å². The molecule has 0 bridgehead atoms. The zero-order chi connectivity index (χ0) is 30.4. The number of carboxylic acids is 1. The van der Waals surface area contributed by atoms with E-state index in [1.165, 1.54) is 6.42 Å². The molecule has 0 saturated carbocycles. The quantitative estimate of drug-likeness (QED) is 0.321. The standard InChI is InChI=1S/C25H38N2O2S.C4H8F2.C3H8/c1-9-22(21-11-17(3)13-26-19(21)5)30-18(4)14-27-15-20(24(6,7)8)12-25(10-2,16-27)23(28)29;1-2-3-4(5)6;1-3-2/h9,11,13,20H,4,10,12,14-16H2,1-3,5-8H3,(H,28,29);4H,2-3H2,1H3;3H2,1-2H3/b22-9-;;/t20?,25-;;/m1../s1. The van der Waals surface area contributed by atoms with Gasteiger partial charge in [0.15, 0.2) is 0 Å². The monoisotopic (exact) mass is 568 g/mol. The van der Waals surface area contributed by atoms with Gasteiger partial charge >= 0.3 is 5.97 Å². The summed E-state index contributed by atoms with van der Waals surface area (Å²) in [5.41, 5.74) is 2.68. The van der Waals surface area contributed by atoms with Crippen molar-refractivity contribution < 1.29 is 18.7 Å². The van der Waals surface area contributed by atoms with E-state index in [1.807, 2.05) is 27.0 Å². The molecule has 1 saturated heterocycles. The van der Waals surface area contributed by atoms with Crippen LogP contribution in [-0.2, 0) is 4.79 Å². The Morgan fingerprint density at radius 1 is 1.28 bits per heavy atom. The minimum atomic E-state index is -2.10. The topological polar surface area (TPSA) is 53.4 Å². The predicted molar refractivity (Wildman–Crippen MR) is 165 cm³/mol. The van der Waals surface area contributed by atoms with Crippen LogP contribution in [0.25, 0.3) is 4.91 Å². The summed E-state index contributed by atoms with van der Waals surface area (Å²) in [6.45, 7) is 27.3. The number of aromatic nitrogens is 1. The van der Waals surface area contributed by atoms with Crippen molar-refractivity contribution >= 4 is 22.6 Å². The fraction of sp³-hybridized carbons (Fsp3) is 0.688. The lowest BCUT2D eigenvalue weighted by Gasteiger charge is -2.48. The second kappa shape index (κ2) is 17.9. The molecule has 2 heterocycles. The van der Waals surface area contributed by atoms with E-state index in [0.717, 1.165) is 39.6 Å². The maximum atomic E-state index is 12.2. The van der Waals surface area contributed by atoms with Gasteiger partial charge in [-0.15, -0.1) is 0 Å². The molecule has 2 atom stereocenters. The molecule has 224 valence electrons. The van der Waals surface area contributed by atoms with Gasteiger partial charge in [0.05, 0.1) is 5.41 Å². The molecule has 0 amide bonds. The van der Waals surface area contributed by atoms with E-state index in [2.05, 4.69) is 70.1 Å². The molecule has 0 radical (unpaired) electrons. The highest BCUT2D eigenvalue weighted by molar-refractivity contribution is 8.11. The number of aryl methyl sites for hydroxylation is 2. The summed E-state index contributed by atoms with van der Waals surface area (Å²) in [7, 11) is 0. The first kappa shape index (κ1) is 37.3. The van der Waals surface area contributed by atoms with E-state index in [1.54, 1.807) is 18.7 Å². The van der Waals surface area contributed by atoms with E-state index in [-0.39, 0.29) is 11.8 Å². The minimum absolute atomic E-state index is 0.0417. The van der Waals surface area contributed by atoms with Gasteiger partial charge in [0.2, 0.25) is 6.43 Å². The molecule has 1 aromatic heterocycles. The van der Waals surface area contributed by atoms with E-state index >= 15 is 0 Å². The number of hydrogen-bond donors (Lipinski definition) is 1. The van der Waals surface area contributed by atoms with Crippen LogP contribution in [0.15, 0.2) is 29.8 Å². The molecule has 1 fully saturated rings. The van der Waals surface area contributed by atoms with Crippen molar-refractivity contribution in [3.8, 4) is 0 Å². The first-order chi connectivity index (χ1) is 18.1. The first-order valence-electron chi connectivity index (χ1n) is 14.3. The molecule has 1 unspecified atom stereocenters. The van der Waals surface area contributed by atoms with Crippen LogP contribution in [0.1, 0.15) is 104 Å². The summed E-state index contributed by atoms with van der Waals surface area (Å²) in [6.07, 6.45) is 5.17. The molecule has 1 N–H and O–H groups in total. The van der Waals surface area contributed by atoms with Crippen LogP contribution in [0, 0.1) is 30.6 Å². The second-order valence-corrected chi connectivity index (χ2v) is 12.9. The maximum Gasteiger partial charge on any atom is 0.310 e. The Bertz CT molecular complexity index is 927. The third kappa shape index (κ3) is 13.0. The number of halogens is 2. The molecule has 39 heavy (non-hydrogen) atoms. The van der Waals surface area contributed by atoms with Crippen molar-refractivity contribution in [2.24, 2.45) is 16.7 Å². The number of alkyl halides is 2. The highest BCUT2D eigenvalue weighted by Gasteiger charge is 2.47. The van der Waals surface area contributed by atoms with Crippen molar-refractivity contribution in [3.05, 3.63) is 46.6 Å². The van der Waals surface area contributed by atoms with Gasteiger partial charge in [-0.25, -0.2) is 8.78 Å². The Hall–Kier alpha value is -1.73. The van der Waals surface area contributed by atoms with Crippen molar-refractivity contribution in [3.63, 3.8) is 0 Å². The Balaban J connectivity index is 0.00000139. The van der Waals surface area contributed by atoms with Gasteiger partial charge in [0, 0.05) is 48.4 Å². The predicted octanol–water partition coefficient (Wildman–Crippen LogP) is 9.62. The van der Waals surface area contributed by atoms with Crippen LogP contribution in [-0.4, -0.2) is 47.0 Å². The molecular formula is C32H54F2N2O2S. The normalized spacial score (nSPS) is 20.0. The van der Waals surface area contributed by atoms with Gasteiger partial charge in [-0.1, -0.05) is 85.7 Å². The first-order valence-corrected chi connectivity index (χ1v) is 15.1. The number of aliphatic carboxylic acids is 1. The summed E-state index contributed by atoms with van der Waals surface area (Å²) in [5.74, 6) is -0.331. The summed E-state index contributed by atoms with van der Waals surface area (Å²) >= 11 is 1.68. The summed E-state index contributed by atoms with van der Waals surface area (Å²) in [5, 5.41) is 10.0. The van der Waals surface area contributed by atoms with Gasteiger partial charge in [-0.2, -0.15) is 0 Å². The number of piperidine rings is 1. The molecule has 1 aliphatic heterocycles. The summed E-state index contributed by atoms with van der Waals surface area (Å²) in [6, 6.07) is 2.17. The lowest BCUT2D eigenvalue weighted by Crippen LogP contribution is -2.53. The lowest BCUT2D eigenvalue weighted by atomic mass is 9.66. The van der Waals surface area contributed by atoms with Gasteiger partial charge in [-0.05, 0) is 61.5 Å². The number of likely N-dealkylation sites (tertiary alicyclic amines) is 1. The zero-order valence-electron chi connectivity index (χ0n) is 26.2. The number of carboxylic acid groups (broad SMARTS) is 1. The third-order valence-electron chi connectivity index (χ3n) is 6.91. The molecule has 0 aliphatic carbocycles. The van der Waals surface area contributed by atoms with Crippen molar-refractivity contribution in [1.29, 1.82) is 0 Å². The molecule has 1 aliphatic rings. The van der Waals surface area contributed by atoms with Crippen LogP contribution in [0.4, 0.5) is 8.78 Å². The van der Waals surface area contributed by atoms with E-state index in [4.69, 9.17) is 0 Å². The zero-order valence-corrected chi connectivity index (χ0v) is 27.0. The van der Waals surface area contributed by atoms with Crippen molar-refractivity contribution in [2.75, 3.05) is 19.6 Å². The Labute approximate surface area is 241 Å². The van der Waals surface area contributed by atoms with Crippen LogP contribution >= 0.6 is 11.8 Å². The fourth-order valence-electron chi connectivity index (χ4n) is 4.48. The molecule has 1 aromatic rings. The van der Waals surface area contributed by atoms with Crippen LogP contribution in [0.5, 0.6) is 0 Å². The summed E-state index contributed by atoms with van der Waals surface area (Å²) in [4.78, 5) is 21.2. The average Bonchev–Trinajstić information content (AvgIpc) is 2.84. The molecular weight excluding hydrogens is 514 g/mol. The number of allylic oxidation sites excluding steroid dienone is 1. The highest BCUT2D eigenvalue weighted by Crippen LogP contribution is 2.44. The van der Waals surface area contributed by atoms with Crippen LogP contribution in [0.2, 0.25) is 0 Å². The SMILES string of the molecule is C=C(CN1CC(C(C)(C)C)C[C@@](CC)(C(=O)O)C1)S/C(=C\C)c1cc(C)cnc1C.CCC.CCCC(F)F. The van der Waals surface area contributed by atoms with Crippen molar-refractivity contribution in [1.82, 2.24) is 9.88 Å². The Kier molecular flexibility index (Phi) is 17.1. The number of rotatable bonds is 9. The van der Waals surface area contributed by atoms with Crippen LogP contribution < -0.4 is 0 Å². The molecule has 0 spiro atoms. The van der Waals surface area contributed by atoms with Crippen LogP contribution in [0.3, 0.4) is 0 Å².